The number of carbonyl (C=O) groups excluding carboxylic acids is 1. The lowest BCUT2D eigenvalue weighted by Crippen LogP contribution is -2.09. The molecular weight excluding hydrogens is 242 g/mol. The van der Waals surface area contributed by atoms with E-state index in [1.54, 1.807) is 29.2 Å². The number of nitrogens with zero attached hydrogens (tertiary/aromatic N) is 3. The number of rotatable bonds is 3. The Morgan fingerprint density at radius 3 is 2.63 bits per heavy atom. The molecule has 19 heavy (non-hydrogen) atoms. The molecule has 0 aliphatic carbocycles. The second-order valence-electron chi connectivity index (χ2n) is 4.00. The average Bonchev–Trinajstić information content (AvgIpc) is 2.94. The molecule has 2 heterocycles. The predicted molar refractivity (Wildman–Crippen MR) is 68.5 cm³/mol. The minimum Gasteiger partial charge on any atom is -0.456 e. The van der Waals surface area contributed by atoms with Crippen LogP contribution in [0.5, 0.6) is 0 Å². The number of carbonyl (C=O) groups is 1. The van der Waals surface area contributed by atoms with Crippen molar-refractivity contribution in [1.29, 1.82) is 0 Å². The number of imidazole rings is 1. The molecule has 0 aliphatic heterocycles. The van der Waals surface area contributed by atoms with E-state index in [9.17, 15) is 4.79 Å². The lowest BCUT2D eigenvalue weighted by atomic mass is 10.2. The van der Waals surface area contributed by atoms with Crippen LogP contribution in [0.25, 0.3) is 5.65 Å². The first-order valence-electron chi connectivity index (χ1n) is 5.83. The minimum absolute atomic E-state index is 0.225. The summed E-state index contributed by atoms with van der Waals surface area (Å²) < 4.78 is 6.97. The first kappa shape index (κ1) is 11.4. The molecule has 5 nitrogen and oxygen atoms in total. The van der Waals surface area contributed by atoms with Gasteiger partial charge in [-0.15, -0.1) is 0 Å². The van der Waals surface area contributed by atoms with Crippen LogP contribution in [0.15, 0.2) is 55.1 Å². The van der Waals surface area contributed by atoms with Crippen LogP contribution in [-0.2, 0) is 11.3 Å². The van der Waals surface area contributed by atoms with Crippen molar-refractivity contribution in [1.82, 2.24) is 14.4 Å². The molecule has 0 N–H and O–H groups in total. The summed E-state index contributed by atoms with van der Waals surface area (Å²) in [6, 6.07) is 9.51. The van der Waals surface area contributed by atoms with Crippen molar-refractivity contribution in [3.05, 3.63) is 66.4 Å². The van der Waals surface area contributed by atoms with E-state index in [4.69, 9.17) is 4.74 Å². The van der Waals surface area contributed by atoms with Crippen molar-refractivity contribution in [2.75, 3.05) is 0 Å². The fourth-order valence-corrected chi connectivity index (χ4v) is 1.79. The van der Waals surface area contributed by atoms with Gasteiger partial charge in [0.25, 0.3) is 0 Å². The number of fused-ring (bicyclic) bond motifs is 1. The Hall–Kier alpha value is -2.69. The zero-order valence-corrected chi connectivity index (χ0v) is 10.1. The van der Waals surface area contributed by atoms with Gasteiger partial charge in [0.1, 0.15) is 6.61 Å². The molecule has 0 aliphatic rings. The van der Waals surface area contributed by atoms with Gasteiger partial charge in [0.05, 0.1) is 0 Å². The molecule has 94 valence electrons. The molecule has 1 aromatic carbocycles. The standard InChI is InChI=1S/C14H11N3O2/c18-14(19-10-11-4-2-1-3-5-11)12-13-16-7-9-17(13)8-6-15-12/h1-9H,10H2. The van der Waals surface area contributed by atoms with E-state index < -0.39 is 5.97 Å². The quantitative estimate of drug-likeness (QED) is 0.671. The number of ether oxygens (including phenoxy) is 1. The third-order valence-electron chi connectivity index (χ3n) is 2.72. The van der Waals surface area contributed by atoms with Crippen LogP contribution in [0.3, 0.4) is 0 Å². The number of esters is 1. The van der Waals surface area contributed by atoms with Crippen LogP contribution in [-0.4, -0.2) is 20.3 Å². The van der Waals surface area contributed by atoms with Crippen molar-refractivity contribution in [3.63, 3.8) is 0 Å². The van der Waals surface area contributed by atoms with Crippen LogP contribution in [0.4, 0.5) is 0 Å². The molecular formula is C14H11N3O2. The third-order valence-corrected chi connectivity index (χ3v) is 2.72. The Labute approximate surface area is 109 Å². The predicted octanol–water partition coefficient (Wildman–Crippen LogP) is 2.09. The summed E-state index contributed by atoms with van der Waals surface area (Å²) in [5.41, 5.74) is 1.66. The molecule has 0 saturated heterocycles. The molecule has 3 aromatic rings. The van der Waals surface area contributed by atoms with Gasteiger partial charge in [-0.05, 0) is 5.56 Å². The van der Waals surface area contributed by atoms with Crippen LogP contribution in [0.1, 0.15) is 16.1 Å². The van der Waals surface area contributed by atoms with E-state index in [2.05, 4.69) is 9.97 Å². The summed E-state index contributed by atoms with van der Waals surface area (Å²) in [5, 5.41) is 0. The SMILES string of the molecule is O=C(OCc1ccccc1)c1nccn2ccnc12. The highest BCUT2D eigenvalue weighted by Gasteiger charge is 2.14. The van der Waals surface area contributed by atoms with Crippen LogP contribution in [0.2, 0.25) is 0 Å². The zero-order valence-electron chi connectivity index (χ0n) is 10.1. The zero-order chi connectivity index (χ0) is 13.1. The van der Waals surface area contributed by atoms with Crippen LogP contribution < -0.4 is 0 Å². The summed E-state index contributed by atoms with van der Waals surface area (Å²) in [7, 11) is 0. The molecule has 0 radical (unpaired) electrons. The lowest BCUT2D eigenvalue weighted by molar-refractivity contribution is 0.0467. The second-order valence-corrected chi connectivity index (χ2v) is 4.00. The molecule has 0 fully saturated rings. The molecule has 0 unspecified atom stereocenters. The number of benzene rings is 1. The van der Waals surface area contributed by atoms with Crippen molar-refractivity contribution in [2.45, 2.75) is 6.61 Å². The summed E-state index contributed by atoms with van der Waals surface area (Å²) in [6.07, 6.45) is 6.65. The summed E-state index contributed by atoms with van der Waals surface area (Å²) >= 11 is 0. The Balaban J connectivity index is 1.79. The molecule has 0 saturated carbocycles. The van der Waals surface area contributed by atoms with Crippen LogP contribution in [0, 0.1) is 0 Å². The van der Waals surface area contributed by atoms with Gasteiger partial charge in [-0.3, -0.25) is 0 Å². The number of hydrogen-bond acceptors (Lipinski definition) is 4. The van der Waals surface area contributed by atoms with Gasteiger partial charge >= 0.3 is 5.97 Å². The van der Waals surface area contributed by atoms with Gasteiger partial charge < -0.3 is 9.14 Å². The minimum atomic E-state index is -0.472. The molecule has 0 spiro atoms. The van der Waals surface area contributed by atoms with E-state index in [-0.39, 0.29) is 12.3 Å². The highest BCUT2D eigenvalue weighted by Crippen LogP contribution is 2.09. The third kappa shape index (κ3) is 2.30. The summed E-state index contributed by atoms with van der Waals surface area (Å²) in [5.74, 6) is -0.472. The highest BCUT2D eigenvalue weighted by atomic mass is 16.5. The van der Waals surface area contributed by atoms with Crippen LogP contribution >= 0.6 is 0 Å². The fourth-order valence-electron chi connectivity index (χ4n) is 1.79. The van der Waals surface area contributed by atoms with Crippen molar-refractivity contribution in [2.24, 2.45) is 0 Å². The monoisotopic (exact) mass is 253 g/mol. The van der Waals surface area contributed by atoms with Gasteiger partial charge in [0, 0.05) is 24.8 Å². The van der Waals surface area contributed by atoms with E-state index in [0.717, 1.165) is 5.56 Å². The molecule has 2 aromatic heterocycles. The first-order chi connectivity index (χ1) is 9.34. The fraction of sp³-hybridized carbons (Fsp3) is 0.0714. The van der Waals surface area contributed by atoms with Gasteiger partial charge in [-0.1, -0.05) is 30.3 Å². The maximum absolute atomic E-state index is 12.0. The molecule has 0 amide bonds. The average molecular weight is 253 g/mol. The number of hydrogen-bond donors (Lipinski definition) is 0. The Morgan fingerprint density at radius 1 is 1.11 bits per heavy atom. The maximum atomic E-state index is 12.0. The van der Waals surface area contributed by atoms with Gasteiger partial charge in [-0.25, -0.2) is 14.8 Å². The first-order valence-corrected chi connectivity index (χ1v) is 5.83. The van der Waals surface area contributed by atoms with Gasteiger partial charge in [0.2, 0.25) is 0 Å². The molecule has 0 atom stereocenters. The maximum Gasteiger partial charge on any atom is 0.361 e. The topological polar surface area (TPSA) is 56.5 Å². The summed E-state index contributed by atoms with van der Waals surface area (Å²) in [4.78, 5) is 20.1. The largest absolute Gasteiger partial charge is 0.456 e. The lowest BCUT2D eigenvalue weighted by Gasteiger charge is -2.05. The van der Waals surface area contributed by atoms with Gasteiger partial charge in [-0.2, -0.15) is 0 Å². The van der Waals surface area contributed by atoms with Crippen molar-refractivity contribution >= 4 is 11.6 Å². The van der Waals surface area contributed by atoms with E-state index in [0.29, 0.717) is 5.65 Å². The van der Waals surface area contributed by atoms with E-state index in [1.807, 2.05) is 30.3 Å². The van der Waals surface area contributed by atoms with Gasteiger partial charge in [0.15, 0.2) is 11.3 Å². The number of aromatic nitrogens is 3. The molecule has 0 bridgehead atoms. The van der Waals surface area contributed by atoms with Crippen molar-refractivity contribution in [3.8, 4) is 0 Å². The smallest absolute Gasteiger partial charge is 0.361 e. The second kappa shape index (κ2) is 4.89. The highest BCUT2D eigenvalue weighted by molar-refractivity contribution is 5.93. The van der Waals surface area contributed by atoms with E-state index in [1.165, 1.54) is 0 Å². The Morgan fingerprint density at radius 2 is 1.84 bits per heavy atom. The van der Waals surface area contributed by atoms with E-state index >= 15 is 0 Å². The summed E-state index contributed by atoms with van der Waals surface area (Å²) in [6.45, 7) is 0.225. The normalized spacial score (nSPS) is 10.5. The Kier molecular flexibility index (Phi) is 2.94. The van der Waals surface area contributed by atoms with Crippen molar-refractivity contribution < 1.29 is 9.53 Å². The molecule has 5 heteroatoms. The molecule has 3 rings (SSSR count). The Bertz CT molecular complexity index is 707.